The predicted molar refractivity (Wildman–Crippen MR) is 90.1 cm³/mol. The maximum absolute atomic E-state index is 12.2. The van der Waals surface area contributed by atoms with Gasteiger partial charge in [-0.05, 0) is 74.8 Å². The molecule has 0 heterocycles. The Kier molecular flexibility index (Phi) is 4.33. The molecule has 6 nitrogen and oxygen atoms in total. The van der Waals surface area contributed by atoms with E-state index in [1.165, 1.54) is 29.2 Å². The summed E-state index contributed by atoms with van der Waals surface area (Å²) in [6.45, 7) is 1.49. The van der Waals surface area contributed by atoms with Crippen LogP contribution in [0.2, 0.25) is 0 Å². The molecule has 7 heteroatoms. The second-order valence-corrected chi connectivity index (χ2v) is 8.27. The highest BCUT2D eigenvalue weighted by Crippen LogP contribution is 2.38. The highest BCUT2D eigenvalue weighted by molar-refractivity contribution is 7.90. The van der Waals surface area contributed by atoms with E-state index in [-0.39, 0.29) is 0 Å². The molecule has 0 saturated heterocycles. The molecule has 126 valence electrons. The van der Waals surface area contributed by atoms with E-state index in [9.17, 15) is 13.2 Å². The topological polar surface area (TPSA) is 87.3 Å². The number of carbonyl (C=O) groups excluding carboxylic acids is 1. The SMILES string of the molecule is CNC(C)S(=O)(=O)NC(=O)Nc1c2c(cc3c1CCC3)CCC2. The lowest BCUT2D eigenvalue weighted by Gasteiger charge is -2.18. The summed E-state index contributed by atoms with van der Waals surface area (Å²) in [5.41, 5.74) is 5.80. The fourth-order valence-corrected chi connectivity index (χ4v) is 4.28. The monoisotopic (exact) mass is 337 g/mol. The van der Waals surface area contributed by atoms with E-state index >= 15 is 0 Å². The summed E-state index contributed by atoms with van der Waals surface area (Å²) in [6.07, 6.45) is 6.13. The van der Waals surface area contributed by atoms with Gasteiger partial charge in [-0.1, -0.05) is 6.07 Å². The van der Waals surface area contributed by atoms with Gasteiger partial charge in [0.25, 0.3) is 10.0 Å². The molecule has 3 rings (SSSR count). The van der Waals surface area contributed by atoms with Crippen molar-refractivity contribution in [3.63, 3.8) is 0 Å². The third-order valence-electron chi connectivity index (χ3n) is 4.82. The molecule has 0 aliphatic heterocycles. The van der Waals surface area contributed by atoms with E-state index in [0.29, 0.717) is 0 Å². The summed E-state index contributed by atoms with van der Waals surface area (Å²) in [6, 6.07) is 1.59. The molecule has 2 aliphatic rings. The number of benzene rings is 1. The van der Waals surface area contributed by atoms with Gasteiger partial charge < -0.3 is 10.6 Å². The standard InChI is InChI=1S/C16H23N3O3S/c1-10(17-2)23(21,22)19-16(20)18-15-13-7-3-5-11(13)9-12-6-4-8-14(12)15/h9-10,17H,3-8H2,1-2H3,(H2,18,19,20). The number of amides is 2. The lowest BCUT2D eigenvalue weighted by molar-refractivity contribution is 0.256. The first-order valence-corrected chi connectivity index (χ1v) is 9.63. The Morgan fingerprint density at radius 3 is 2.17 bits per heavy atom. The van der Waals surface area contributed by atoms with Crippen LogP contribution < -0.4 is 15.4 Å². The van der Waals surface area contributed by atoms with Crippen molar-refractivity contribution in [1.82, 2.24) is 10.0 Å². The third kappa shape index (κ3) is 3.07. The number of fused-ring (bicyclic) bond motifs is 2. The van der Waals surface area contributed by atoms with Crippen molar-refractivity contribution in [3.8, 4) is 0 Å². The normalized spacial score (nSPS) is 17.5. The van der Waals surface area contributed by atoms with Crippen LogP contribution in [0.3, 0.4) is 0 Å². The van der Waals surface area contributed by atoms with Crippen molar-refractivity contribution >= 4 is 21.7 Å². The second kappa shape index (κ2) is 6.13. The number of anilines is 1. The van der Waals surface area contributed by atoms with Crippen LogP contribution in [0.25, 0.3) is 0 Å². The van der Waals surface area contributed by atoms with Gasteiger partial charge in [0, 0.05) is 5.69 Å². The summed E-state index contributed by atoms with van der Waals surface area (Å²) in [5.74, 6) is 0. The predicted octanol–water partition coefficient (Wildman–Crippen LogP) is 1.68. The van der Waals surface area contributed by atoms with Crippen LogP contribution in [-0.4, -0.2) is 26.9 Å². The molecule has 2 aliphatic carbocycles. The van der Waals surface area contributed by atoms with Gasteiger partial charge in [0.1, 0.15) is 5.37 Å². The first-order valence-electron chi connectivity index (χ1n) is 8.08. The number of hydrogen-bond donors (Lipinski definition) is 3. The van der Waals surface area contributed by atoms with E-state index in [1.807, 2.05) is 0 Å². The zero-order chi connectivity index (χ0) is 16.6. The molecule has 3 N–H and O–H groups in total. The first kappa shape index (κ1) is 16.3. The van der Waals surface area contributed by atoms with Crippen LogP contribution >= 0.6 is 0 Å². The van der Waals surface area contributed by atoms with Crippen molar-refractivity contribution in [2.75, 3.05) is 12.4 Å². The zero-order valence-corrected chi connectivity index (χ0v) is 14.3. The van der Waals surface area contributed by atoms with Gasteiger partial charge in [-0.3, -0.25) is 0 Å². The minimum Gasteiger partial charge on any atom is -0.307 e. The number of aryl methyl sites for hydroxylation is 2. The Morgan fingerprint density at radius 1 is 1.09 bits per heavy atom. The van der Waals surface area contributed by atoms with E-state index in [0.717, 1.165) is 44.2 Å². The molecule has 0 aromatic heterocycles. The molecule has 0 bridgehead atoms. The largest absolute Gasteiger partial charge is 0.332 e. The number of carbonyl (C=O) groups is 1. The number of urea groups is 1. The van der Waals surface area contributed by atoms with E-state index in [4.69, 9.17) is 0 Å². The van der Waals surface area contributed by atoms with Gasteiger partial charge in [-0.25, -0.2) is 17.9 Å². The van der Waals surface area contributed by atoms with Crippen LogP contribution in [0.4, 0.5) is 10.5 Å². The van der Waals surface area contributed by atoms with Gasteiger partial charge in [-0.15, -0.1) is 0 Å². The van der Waals surface area contributed by atoms with Gasteiger partial charge in [0.05, 0.1) is 0 Å². The van der Waals surface area contributed by atoms with Crippen molar-refractivity contribution in [3.05, 3.63) is 28.3 Å². The van der Waals surface area contributed by atoms with Crippen LogP contribution in [0.5, 0.6) is 0 Å². The second-order valence-electron chi connectivity index (χ2n) is 6.27. The fourth-order valence-electron chi connectivity index (χ4n) is 3.48. The molecule has 1 aromatic carbocycles. The lowest BCUT2D eigenvalue weighted by Crippen LogP contribution is -2.44. The van der Waals surface area contributed by atoms with Crippen LogP contribution in [0.15, 0.2) is 6.07 Å². The van der Waals surface area contributed by atoms with E-state index in [1.54, 1.807) is 7.05 Å². The average Bonchev–Trinajstić information content (AvgIpc) is 3.13. The molecular weight excluding hydrogens is 314 g/mol. The molecule has 1 atom stereocenters. The number of hydrogen-bond acceptors (Lipinski definition) is 4. The molecule has 0 radical (unpaired) electrons. The maximum Gasteiger partial charge on any atom is 0.332 e. The van der Waals surface area contributed by atoms with Gasteiger partial charge in [-0.2, -0.15) is 0 Å². The zero-order valence-electron chi connectivity index (χ0n) is 13.5. The first-order chi connectivity index (χ1) is 10.9. The van der Waals surface area contributed by atoms with Crippen LogP contribution in [0.1, 0.15) is 42.0 Å². The lowest BCUT2D eigenvalue weighted by atomic mass is 9.99. The minimum atomic E-state index is -3.73. The quantitative estimate of drug-likeness (QED) is 0.780. The van der Waals surface area contributed by atoms with Crippen LogP contribution in [0, 0.1) is 0 Å². The average molecular weight is 337 g/mol. The Labute approximate surface area is 137 Å². The number of sulfonamides is 1. The summed E-state index contributed by atoms with van der Waals surface area (Å²) < 4.78 is 26.1. The molecule has 23 heavy (non-hydrogen) atoms. The number of rotatable bonds is 4. The van der Waals surface area contributed by atoms with Crippen LogP contribution in [-0.2, 0) is 35.7 Å². The Hall–Kier alpha value is -1.60. The summed E-state index contributed by atoms with van der Waals surface area (Å²) in [4.78, 5) is 12.2. The van der Waals surface area contributed by atoms with Crippen molar-refractivity contribution in [2.45, 2.75) is 50.8 Å². The molecule has 1 aromatic rings. The number of nitrogens with one attached hydrogen (secondary N) is 3. The molecule has 0 spiro atoms. The Balaban J connectivity index is 1.85. The van der Waals surface area contributed by atoms with Crippen molar-refractivity contribution < 1.29 is 13.2 Å². The van der Waals surface area contributed by atoms with Crippen molar-refractivity contribution in [1.29, 1.82) is 0 Å². The molecule has 1 unspecified atom stereocenters. The smallest absolute Gasteiger partial charge is 0.307 e. The van der Waals surface area contributed by atoms with Gasteiger partial charge >= 0.3 is 6.03 Å². The van der Waals surface area contributed by atoms with Crippen molar-refractivity contribution in [2.24, 2.45) is 0 Å². The summed E-state index contributed by atoms with van der Waals surface area (Å²) in [7, 11) is -2.19. The maximum atomic E-state index is 12.2. The van der Waals surface area contributed by atoms with E-state index < -0.39 is 21.4 Å². The summed E-state index contributed by atoms with van der Waals surface area (Å²) in [5, 5.41) is 4.62. The fraction of sp³-hybridized carbons (Fsp3) is 0.562. The Morgan fingerprint density at radius 2 is 1.65 bits per heavy atom. The third-order valence-corrected chi connectivity index (χ3v) is 6.46. The molecule has 2 amide bonds. The highest BCUT2D eigenvalue weighted by Gasteiger charge is 2.27. The summed E-state index contributed by atoms with van der Waals surface area (Å²) >= 11 is 0. The van der Waals surface area contributed by atoms with Gasteiger partial charge in [0.15, 0.2) is 0 Å². The minimum absolute atomic E-state index is 0.679. The molecule has 0 saturated carbocycles. The van der Waals surface area contributed by atoms with E-state index in [2.05, 4.69) is 21.4 Å². The molecule has 0 fully saturated rings. The Bertz CT molecular complexity index is 711. The van der Waals surface area contributed by atoms with Gasteiger partial charge in [0.2, 0.25) is 0 Å². The highest BCUT2D eigenvalue weighted by atomic mass is 32.2. The molecular formula is C16H23N3O3S.